The van der Waals surface area contributed by atoms with Crippen molar-refractivity contribution < 1.29 is 28.5 Å². The molecule has 8 heavy (non-hydrogen) atoms. The Balaban J connectivity index is 0.000000490. The first-order valence-corrected chi connectivity index (χ1v) is 3.56. The molecular formula is C4H5BrINS. The van der Waals surface area contributed by atoms with Crippen LogP contribution in [0.25, 0.3) is 0 Å². The predicted octanol–water partition coefficient (Wildman–Crippen LogP) is -1.66. The monoisotopic (exact) mass is 305 g/mol. The molecule has 0 radical (unpaired) electrons. The van der Waals surface area contributed by atoms with Crippen LogP contribution in [-0.2, 0) is 7.05 Å². The van der Waals surface area contributed by atoms with Crippen molar-refractivity contribution in [2.45, 2.75) is 0 Å². The lowest BCUT2D eigenvalue weighted by molar-refractivity contribution is -0.677. The SMILES string of the molecule is C[n+]1ccsc1Br.[I-]. The minimum atomic E-state index is 0. The third-order valence-electron chi connectivity index (χ3n) is 0.727. The van der Waals surface area contributed by atoms with E-state index in [2.05, 4.69) is 15.9 Å². The number of hydrogen-bond acceptors (Lipinski definition) is 1. The Bertz CT molecular complexity index is 148. The molecule has 0 atom stereocenters. The molecule has 0 N–H and O–H groups in total. The van der Waals surface area contributed by atoms with Gasteiger partial charge in [0, 0.05) is 15.9 Å². The van der Waals surface area contributed by atoms with Crippen molar-refractivity contribution in [3.8, 4) is 0 Å². The summed E-state index contributed by atoms with van der Waals surface area (Å²) in [6, 6.07) is 0. The van der Waals surface area contributed by atoms with Crippen molar-refractivity contribution in [2.24, 2.45) is 7.05 Å². The third-order valence-corrected chi connectivity index (χ3v) is 2.59. The summed E-state index contributed by atoms with van der Waals surface area (Å²) in [4.78, 5) is 0. The first-order chi connectivity index (χ1) is 3.30. The van der Waals surface area contributed by atoms with E-state index in [-0.39, 0.29) is 24.0 Å². The smallest absolute Gasteiger partial charge is 0.304 e. The Kier molecular flexibility index (Phi) is 4.19. The summed E-state index contributed by atoms with van der Waals surface area (Å²) in [6.45, 7) is 0. The Labute approximate surface area is 77.9 Å². The zero-order valence-corrected chi connectivity index (χ0v) is 8.83. The fraction of sp³-hybridized carbons (Fsp3) is 0.250. The van der Waals surface area contributed by atoms with E-state index in [1.165, 1.54) is 0 Å². The van der Waals surface area contributed by atoms with E-state index in [1.807, 2.05) is 23.2 Å². The van der Waals surface area contributed by atoms with Gasteiger partial charge in [-0.25, -0.2) is 0 Å². The maximum absolute atomic E-state index is 3.35. The van der Waals surface area contributed by atoms with Crippen molar-refractivity contribution in [1.29, 1.82) is 0 Å². The van der Waals surface area contributed by atoms with Gasteiger partial charge in [0.15, 0.2) is 6.20 Å². The van der Waals surface area contributed by atoms with Crippen LogP contribution >= 0.6 is 27.3 Å². The van der Waals surface area contributed by atoms with E-state index in [1.54, 1.807) is 11.3 Å². The molecule has 0 saturated heterocycles. The summed E-state index contributed by atoms with van der Waals surface area (Å²) in [5, 5.41) is 2.03. The first-order valence-electron chi connectivity index (χ1n) is 1.89. The number of halogens is 2. The van der Waals surface area contributed by atoms with Gasteiger partial charge < -0.3 is 24.0 Å². The van der Waals surface area contributed by atoms with E-state index in [4.69, 9.17) is 0 Å². The van der Waals surface area contributed by atoms with Crippen LogP contribution < -0.4 is 28.5 Å². The molecule has 0 aliphatic rings. The number of aromatic nitrogens is 1. The van der Waals surface area contributed by atoms with E-state index < -0.39 is 0 Å². The molecule has 0 fully saturated rings. The molecule has 0 aliphatic carbocycles. The lowest BCUT2D eigenvalue weighted by atomic mass is 10.9. The van der Waals surface area contributed by atoms with Gasteiger partial charge in [-0.15, -0.1) is 0 Å². The van der Waals surface area contributed by atoms with Gasteiger partial charge in [0.1, 0.15) is 7.05 Å². The van der Waals surface area contributed by atoms with Gasteiger partial charge in [-0.3, -0.25) is 0 Å². The standard InChI is InChI=1S/C4H5BrNS.HI/c1-6-2-3-7-4(6)5;/h2-3H,1H3;1H/q+1;/p-1. The summed E-state index contributed by atoms with van der Waals surface area (Å²) in [6.07, 6.45) is 2.01. The van der Waals surface area contributed by atoms with E-state index in [9.17, 15) is 0 Å². The molecule has 1 aromatic rings. The van der Waals surface area contributed by atoms with Crippen LogP contribution in [0, 0.1) is 0 Å². The molecule has 1 aromatic heterocycles. The van der Waals surface area contributed by atoms with Gasteiger partial charge in [-0.2, -0.15) is 4.57 Å². The Morgan fingerprint density at radius 1 is 1.75 bits per heavy atom. The quantitative estimate of drug-likeness (QED) is 0.399. The van der Waals surface area contributed by atoms with Crippen LogP contribution in [0.5, 0.6) is 0 Å². The fourth-order valence-electron chi connectivity index (χ4n) is 0.320. The highest BCUT2D eigenvalue weighted by atomic mass is 127. The third kappa shape index (κ3) is 1.99. The highest BCUT2D eigenvalue weighted by Crippen LogP contribution is 2.07. The number of thiazole rings is 1. The Morgan fingerprint density at radius 2 is 2.38 bits per heavy atom. The van der Waals surface area contributed by atoms with Crippen molar-refractivity contribution in [3.63, 3.8) is 0 Å². The number of aryl methyl sites for hydroxylation is 1. The van der Waals surface area contributed by atoms with Crippen molar-refractivity contribution >= 4 is 27.3 Å². The summed E-state index contributed by atoms with van der Waals surface area (Å²) in [7, 11) is 2.00. The average Bonchev–Trinajstić information content (AvgIpc) is 1.91. The lowest BCUT2D eigenvalue weighted by Gasteiger charge is -1.71. The molecule has 0 amide bonds. The average molecular weight is 306 g/mol. The topological polar surface area (TPSA) is 3.88 Å². The highest BCUT2D eigenvalue weighted by molar-refractivity contribution is 9.11. The number of hydrogen-bond donors (Lipinski definition) is 0. The maximum Gasteiger partial charge on any atom is 0.304 e. The molecule has 1 nitrogen and oxygen atoms in total. The van der Waals surface area contributed by atoms with E-state index >= 15 is 0 Å². The molecule has 1 heterocycles. The second-order valence-electron chi connectivity index (χ2n) is 1.27. The fourth-order valence-corrected chi connectivity index (χ4v) is 1.34. The van der Waals surface area contributed by atoms with E-state index in [0.29, 0.717) is 0 Å². The molecule has 0 spiro atoms. The minimum Gasteiger partial charge on any atom is -1.00 e. The summed E-state index contributed by atoms with van der Waals surface area (Å²) in [5.74, 6) is 0. The van der Waals surface area contributed by atoms with Crippen LogP contribution in [0.2, 0.25) is 0 Å². The normalized spacial score (nSPS) is 8.25. The van der Waals surface area contributed by atoms with Crippen molar-refractivity contribution in [1.82, 2.24) is 0 Å². The van der Waals surface area contributed by atoms with Gasteiger partial charge in [-0.05, 0) is 0 Å². The molecule has 0 aliphatic heterocycles. The van der Waals surface area contributed by atoms with Gasteiger partial charge in [0.05, 0.1) is 5.38 Å². The molecule has 1 rings (SSSR count). The van der Waals surface area contributed by atoms with Crippen LogP contribution in [0.3, 0.4) is 0 Å². The lowest BCUT2D eigenvalue weighted by Crippen LogP contribution is -3.00. The Hall–Kier alpha value is 0.840. The van der Waals surface area contributed by atoms with Crippen LogP contribution in [0.1, 0.15) is 0 Å². The molecule has 0 unspecified atom stereocenters. The zero-order chi connectivity index (χ0) is 5.28. The minimum absolute atomic E-state index is 0. The highest BCUT2D eigenvalue weighted by Gasteiger charge is 1.98. The zero-order valence-electron chi connectivity index (χ0n) is 4.27. The second kappa shape index (κ2) is 3.79. The molecule has 46 valence electrons. The van der Waals surface area contributed by atoms with Gasteiger partial charge in [0.25, 0.3) is 0 Å². The summed E-state index contributed by atoms with van der Waals surface area (Å²) < 4.78 is 3.18. The van der Waals surface area contributed by atoms with E-state index in [0.717, 1.165) is 3.92 Å². The van der Waals surface area contributed by atoms with Gasteiger partial charge in [-0.1, -0.05) is 11.3 Å². The first kappa shape index (κ1) is 8.84. The molecule has 0 saturated carbocycles. The number of rotatable bonds is 0. The van der Waals surface area contributed by atoms with Gasteiger partial charge in [0.2, 0.25) is 0 Å². The molecule has 4 heteroatoms. The van der Waals surface area contributed by atoms with Crippen LogP contribution in [0.15, 0.2) is 15.5 Å². The largest absolute Gasteiger partial charge is 1.00 e. The van der Waals surface area contributed by atoms with Gasteiger partial charge >= 0.3 is 3.92 Å². The van der Waals surface area contributed by atoms with Crippen LogP contribution in [0.4, 0.5) is 0 Å². The molecule has 0 bridgehead atoms. The number of nitrogens with zero attached hydrogens (tertiary/aromatic N) is 1. The predicted molar refractivity (Wildman–Crippen MR) is 33.2 cm³/mol. The van der Waals surface area contributed by atoms with Crippen molar-refractivity contribution in [2.75, 3.05) is 0 Å². The molecular weight excluding hydrogens is 301 g/mol. The maximum atomic E-state index is 3.35. The Morgan fingerprint density at radius 3 is 2.50 bits per heavy atom. The summed E-state index contributed by atoms with van der Waals surface area (Å²) >= 11 is 5.03. The van der Waals surface area contributed by atoms with Crippen LogP contribution in [-0.4, -0.2) is 0 Å². The summed E-state index contributed by atoms with van der Waals surface area (Å²) in [5.41, 5.74) is 0. The molecule has 0 aromatic carbocycles. The second-order valence-corrected chi connectivity index (χ2v) is 3.44. The van der Waals surface area contributed by atoms with Crippen molar-refractivity contribution in [3.05, 3.63) is 15.5 Å².